The molecule has 31 heavy (non-hydrogen) atoms. The predicted octanol–water partition coefficient (Wildman–Crippen LogP) is 6.75. The molecule has 0 saturated carbocycles. The Bertz CT molecular complexity index is 753. The maximum atomic E-state index is 11.3. The zero-order valence-corrected chi connectivity index (χ0v) is 18.2. The molecule has 0 aliphatic carbocycles. The molecule has 0 radical (unpaired) electrons. The number of benzene rings is 1. The van der Waals surface area contributed by atoms with Crippen LogP contribution in [0.15, 0.2) is 6.07 Å². The topological polar surface area (TPSA) is 150 Å². The number of nitrogens with zero attached hydrogens (tertiary/aromatic N) is 3. The van der Waals surface area contributed by atoms with Gasteiger partial charge in [-0.05, 0) is 12.8 Å². The van der Waals surface area contributed by atoms with Gasteiger partial charge < -0.3 is 5.11 Å². The van der Waals surface area contributed by atoms with Crippen molar-refractivity contribution in [1.82, 2.24) is 0 Å². The fraction of sp³-hybridized carbons (Fsp3) is 0.714. The fourth-order valence-electron chi connectivity index (χ4n) is 3.74. The first kappa shape index (κ1) is 26.3. The number of aromatic hydroxyl groups is 1. The lowest BCUT2D eigenvalue weighted by Crippen LogP contribution is -2.04. The average Bonchev–Trinajstić information content (AvgIpc) is 2.70. The summed E-state index contributed by atoms with van der Waals surface area (Å²) in [5.74, 6) is -1.13. The molecular weight excluding hydrogens is 406 g/mol. The number of rotatable bonds is 17. The molecule has 1 aromatic carbocycles. The number of phenols is 1. The molecule has 0 unspecified atom stereocenters. The van der Waals surface area contributed by atoms with Gasteiger partial charge in [-0.15, -0.1) is 0 Å². The lowest BCUT2D eigenvalue weighted by Gasteiger charge is -2.07. The highest BCUT2D eigenvalue weighted by atomic mass is 16.6. The highest BCUT2D eigenvalue weighted by Crippen LogP contribution is 2.44. The minimum Gasteiger partial charge on any atom is -0.497 e. The maximum absolute atomic E-state index is 11.3. The molecule has 1 N–H and O–H groups in total. The Morgan fingerprint density at radius 3 is 1.48 bits per heavy atom. The Kier molecular flexibility index (Phi) is 12.1. The van der Waals surface area contributed by atoms with Crippen LogP contribution in [0, 0.1) is 30.3 Å². The van der Waals surface area contributed by atoms with Gasteiger partial charge in [-0.25, -0.2) is 0 Å². The van der Waals surface area contributed by atoms with Crippen LogP contribution < -0.4 is 0 Å². The van der Waals surface area contributed by atoms with Gasteiger partial charge in [-0.3, -0.25) is 30.3 Å². The summed E-state index contributed by atoms with van der Waals surface area (Å²) in [6, 6.07) is 0.597. The number of hydrogen-bond acceptors (Lipinski definition) is 7. The molecular formula is C21H33N3O7. The molecule has 0 heterocycles. The van der Waals surface area contributed by atoms with E-state index in [9.17, 15) is 35.4 Å². The normalized spacial score (nSPS) is 10.9. The minimum atomic E-state index is -1.13. The second kappa shape index (κ2) is 14.3. The zero-order chi connectivity index (χ0) is 23.2. The number of unbranched alkanes of at least 4 members (excludes halogenated alkanes) is 12. The smallest absolute Gasteiger partial charge is 0.328 e. The van der Waals surface area contributed by atoms with Gasteiger partial charge >= 0.3 is 11.4 Å². The first-order valence-electron chi connectivity index (χ1n) is 11.1. The Labute approximate surface area is 182 Å². The third kappa shape index (κ3) is 8.85. The SMILES string of the molecule is CCCCCCCCCCCCCCCc1c([N+](=O)[O-])cc([N+](=O)[O-])c(O)c1[N+](=O)[O-]. The van der Waals surface area contributed by atoms with Gasteiger partial charge in [0, 0.05) is 0 Å². The van der Waals surface area contributed by atoms with Crippen molar-refractivity contribution < 1.29 is 19.9 Å². The summed E-state index contributed by atoms with van der Waals surface area (Å²) >= 11 is 0. The van der Waals surface area contributed by atoms with Gasteiger partial charge in [-0.2, -0.15) is 0 Å². The van der Waals surface area contributed by atoms with Gasteiger partial charge in [0.1, 0.15) is 5.56 Å². The number of hydrogen-bond donors (Lipinski definition) is 1. The standard InChI is InChI=1S/C21H33N3O7/c1-2-3-4-5-6-7-8-9-10-11-12-13-14-15-17-18(22(26)27)16-19(23(28)29)21(25)20(17)24(30)31/h16,25H,2-15H2,1H3. The summed E-state index contributed by atoms with van der Waals surface area (Å²) in [4.78, 5) is 30.7. The summed E-state index contributed by atoms with van der Waals surface area (Å²) in [7, 11) is 0. The summed E-state index contributed by atoms with van der Waals surface area (Å²) in [6.45, 7) is 2.21. The van der Waals surface area contributed by atoms with E-state index in [-0.39, 0.29) is 12.0 Å². The number of nitro benzene ring substituents is 3. The lowest BCUT2D eigenvalue weighted by molar-refractivity contribution is -0.405. The predicted molar refractivity (Wildman–Crippen MR) is 117 cm³/mol. The Hall–Kier alpha value is -2.78. The number of phenolic OH excluding ortho intramolecular Hbond substituents is 1. The van der Waals surface area contributed by atoms with Crippen LogP contribution in [0.5, 0.6) is 5.75 Å². The molecule has 0 atom stereocenters. The van der Waals surface area contributed by atoms with Gasteiger partial charge in [0.25, 0.3) is 11.4 Å². The van der Waals surface area contributed by atoms with Crippen molar-refractivity contribution in [2.75, 3.05) is 0 Å². The summed E-state index contributed by atoms with van der Waals surface area (Å²) in [6.07, 6.45) is 14.4. The van der Waals surface area contributed by atoms with Gasteiger partial charge in [-0.1, -0.05) is 84.0 Å². The minimum absolute atomic E-state index is 0.00986. The Morgan fingerprint density at radius 2 is 1.10 bits per heavy atom. The molecule has 1 rings (SSSR count). The highest BCUT2D eigenvalue weighted by molar-refractivity contribution is 5.70. The molecule has 0 bridgehead atoms. The van der Waals surface area contributed by atoms with Crippen molar-refractivity contribution in [2.24, 2.45) is 0 Å². The van der Waals surface area contributed by atoms with Crippen LogP contribution >= 0.6 is 0 Å². The van der Waals surface area contributed by atoms with E-state index in [1.54, 1.807) is 0 Å². The van der Waals surface area contributed by atoms with Crippen molar-refractivity contribution in [3.05, 3.63) is 42.0 Å². The van der Waals surface area contributed by atoms with E-state index in [1.165, 1.54) is 51.4 Å². The van der Waals surface area contributed by atoms with Crippen LogP contribution in [0.4, 0.5) is 17.1 Å². The van der Waals surface area contributed by atoms with Crippen molar-refractivity contribution in [3.8, 4) is 5.75 Å². The van der Waals surface area contributed by atoms with Crippen LogP contribution in [0.3, 0.4) is 0 Å². The molecule has 0 aromatic heterocycles. The van der Waals surface area contributed by atoms with Gasteiger partial charge in [0.2, 0.25) is 0 Å². The molecule has 0 amide bonds. The summed E-state index contributed by atoms with van der Waals surface area (Å²) in [5, 5.41) is 43.5. The third-order valence-electron chi connectivity index (χ3n) is 5.44. The molecule has 0 spiro atoms. The molecule has 1 aromatic rings. The molecule has 10 nitrogen and oxygen atoms in total. The van der Waals surface area contributed by atoms with E-state index < -0.39 is 37.6 Å². The molecule has 0 saturated heterocycles. The van der Waals surface area contributed by atoms with Crippen LogP contribution in [0.1, 0.15) is 96.0 Å². The van der Waals surface area contributed by atoms with E-state index in [0.717, 1.165) is 25.7 Å². The number of nitro groups is 3. The Balaban J connectivity index is 2.48. The van der Waals surface area contributed by atoms with Gasteiger partial charge in [0.15, 0.2) is 0 Å². The fourth-order valence-corrected chi connectivity index (χ4v) is 3.74. The Morgan fingerprint density at radius 1 is 0.677 bits per heavy atom. The van der Waals surface area contributed by atoms with Crippen LogP contribution in [0.25, 0.3) is 0 Å². The molecule has 0 fully saturated rings. The largest absolute Gasteiger partial charge is 0.497 e. The van der Waals surface area contributed by atoms with Crippen LogP contribution in [-0.2, 0) is 6.42 Å². The monoisotopic (exact) mass is 439 g/mol. The average molecular weight is 440 g/mol. The first-order chi connectivity index (χ1) is 14.8. The van der Waals surface area contributed by atoms with Gasteiger partial charge in [0.05, 0.1) is 20.8 Å². The first-order valence-corrected chi connectivity index (χ1v) is 11.1. The third-order valence-corrected chi connectivity index (χ3v) is 5.44. The summed E-state index contributed by atoms with van der Waals surface area (Å²) in [5.41, 5.74) is -2.94. The van der Waals surface area contributed by atoms with Crippen LogP contribution in [0.2, 0.25) is 0 Å². The summed E-state index contributed by atoms with van der Waals surface area (Å²) < 4.78 is 0. The van der Waals surface area contributed by atoms with Crippen molar-refractivity contribution in [1.29, 1.82) is 0 Å². The maximum Gasteiger partial charge on any atom is 0.328 e. The van der Waals surface area contributed by atoms with Crippen molar-refractivity contribution >= 4 is 17.1 Å². The molecule has 174 valence electrons. The van der Waals surface area contributed by atoms with E-state index in [4.69, 9.17) is 0 Å². The van der Waals surface area contributed by atoms with E-state index in [1.807, 2.05) is 0 Å². The van der Waals surface area contributed by atoms with E-state index in [0.29, 0.717) is 12.5 Å². The molecule has 0 aliphatic rings. The second-order valence-corrected chi connectivity index (χ2v) is 7.85. The van der Waals surface area contributed by atoms with Crippen molar-refractivity contribution in [2.45, 2.75) is 96.8 Å². The van der Waals surface area contributed by atoms with E-state index in [2.05, 4.69) is 6.92 Å². The lowest BCUT2D eigenvalue weighted by atomic mass is 10.00. The van der Waals surface area contributed by atoms with Crippen LogP contribution in [-0.4, -0.2) is 19.9 Å². The van der Waals surface area contributed by atoms with Crippen molar-refractivity contribution in [3.63, 3.8) is 0 Å². The van der Waals surface area contributed by atoms with E-state index >= 15 is 0 Å². The molecule has 0 aliphatic heterocycles. The highest BCUT2D eigenvalue weighted by Gasteiger charge is 2.36. The molecule has 10 heteroatoms. The quantitative estimate of drug-likeness (QED) is 0.160. The zero-order valence-electron chi connectivity index (χ0n) is 18.2. The second-order valence-electron chi connectivity index (χ2n) is 7.85.